The number of carbonyl (C=O) groups excluding carboxylic acids is 3. The van der Waals surface area contributed by atoms with Gasteiger partial charge in [-0.1, -0.05) is 0 Å². The lowest BCUT2D eigenvalue weighted by molar-refractivity contribution is -0.147. The first-order valence-electron chi connectivity index (χ1n) is 6.78. The Morgan fingerprint density at radius 3 is 1.92 bits per heavy atom. The predicted octanol–water partition coefficient (Wildman–Crippen LogP) is -3.90. The van der Waals surface area contributed by atoms with E-state index in [-0.39, 0.29) is 12.8 Å². The molecule has 0 aromatic rings. The molecule has 0 saturated heterocycles. The summed E-state index contributed by atoms with van der Waals surface area (Å²) in [7, 11) is 0. The van der Waals surface area contributed by atoms with Crippen molar-refractivity contribution in [3.63, 3.8) is 0 Å². The van der Waals surface area contributed by atoms with Crippen LogP contribution < -0.4 is 22.1 Å². The van der Waals surface area contributed by atoms with Crippen LogP contribution >= 0.6 is 0 Å². The summed E-state index contributed by atoms with van der Waals surface area (Å²) < 4.78 is 0. The quantitative estimate of drug-likeness (QED) is 0.193. The lowest BCUT2D eigenvalue weighted by Gasteiger charge is -2.20. The molecule has 0 aliphatic rings. The van der Waals surface area contributed by atoms with Gasteiger partial charge in [0.1, 0.15) is 12.1 Å². The number of carboxylic acids is 2. The van der Waals surface area contributed by atoms with E-state index in [0.717, 1.165) is 0 Å². The van der Waals surface area contributed by atoms with Crippen LogP contribution in [0.3, 0.4) is 0 Å². The molecule has 0 bridgehead atoms. The van der Waals surface area contributed by atoms with Crippen molar-refractivity contribution in [2.75, 3.05) is 6.61 Å². The van der Waals surface area contributed by atoms with Crippen molar-refractivity contribution < 1.29 is 39.3 Å². The first-order chi connectivity index (χ1) is 11.1. The van der Waals surface area contributed by atoms with Crippen LogP contribution in [0, 0.1) is 0 Å². The Bertz CT molecular complexity index is 509. The van der Waals surface area contributed by atoms with E-state index in [1.54, 1.807) is 0 Å². The Kier molecular flexibility index (Phi) is 8.97. The van der Waals surface area contributed by atoms with Gasteiger partial charge in [0.05, 0.1) is 19.1 Å². The molecule has 0 aromatic carbocycles. The number of hydrogen-bond donors (Lipinski definition) is 7. The van der Waals surface area contributed by atoms with E-state index in [4.69, 9.17) is 26.8 Å². The molecule has 3 atom stereocenters. The molecule has 0 heterocycles. The minimum Gasteiger partial charge on any atom is -0.481 e. The minimum absolute atomic E-state index is 0.0856. The summed E-state index contributed by atoms with van der Waals surface area (Å²) in [5.41, 5.74) is 10.4. The molecular weight excluding hydrogens is 328 g/mol. The van der Waals surface area contributed by atoms with E-state index in [1.807, 2.05) is 5.32 Å². The monoisotopic (exact) mass is 348 g/mol. The van der Waals surface area contributed by atoms with E-state index in [9.17, 15) is 24.0 Å². The number of carbonyl (C=O) groups is 5. The van der Waals surface area contributed by atoms with E-state index in [2.05, 4.69) is 5.32 Å². The zero-order valence-electron chi connectivity index (χ0n) is 12.6. The number of rotatable bonds is 11. The van der Waals surface area contributed by atoms with Crippen LogP contribution in [-0.2, 0) is 24.0 Å². The number of amides is 3. The highest BCUT2D eigenvalue weighted by Gasteiger charge is 2.28. The number of primary amides is 1. The van der Waals surface area contributed by atoms with Crippen LogP contribution in [0.5, 0.6) is 0 Å². The molecule has 136 valence electrons. The molecule has 0 radical (unpaired) electrons. The smallest absolute Gasteiger partial charge is 0.326 e. The van der Waals surface area contributed by atoms with Crippen LogP contribution in [0.1, 0.15) is 19.3 Å². The van der Waals surface area contributed by atoms with Gasteiger partial charge in [0.2, 0.25) is 17.7 Å². The lowest BCUT2D eigenvalue weighted by Crippen LogP contribution is -2.56. The third kappa shape index (κ3) is 8.05. The predicted molar refractivity (Wildman–Crippen MR) is 77.2 cm³/mol. The Morgan fingerprint density at radius 1 is 0.958 bits per heavy atom. The molecule has 0 aliphatic heterocycles. The van der Waals surface area contributed by atoms with Crippen LogP contribution in [-0.4, -0.2) is 69.7 Å². The van der Waals surface area contributed by atoms with E-state index < -0.39 is 60.8 Å². The van der Waals surface area contributed by atoms with Crippen molar-refractivity contribution in [1.82, 2.24) is 10.6 Å². The molecule has 0 rings (SSSR count). The molecule has 0 unspecified atom stereocenters. The van der Waals surface area contributed by atoms with E-state index in [1.165, 1.54) is 0 Å². The fraction of sp³-hybridized carbons (Fsp3) is 0.583. The summed E-state index contributed by atoms with van der Waals surface area (Å²) in [5, 5.41) is 30.5. The first kappa shape index (κ1) is 21.3. The Morgan fingerprint density at radius 2 is 1.50 bits per heavy atom. The number of aliphatic hydroxyl groups excluding tert-OH is 1. The summed E-state index contributed by atoms with van der Waals surface area (Å²) >= 11 is 0. The third-order valence-corrected chi connectivity index (χ3v) is 2.85. The van der Waals surface area contributed by atoms with Gasteiger partial charge in [-0.25, -0.2) is 4.79 Å². The average molecular weight is 348 g/mol. The Labute approximate surface area is 136 Å². The van der Waals surface area contributed by atoms with Crippen molar-refractivity contribution >= 4 is 29.7 Å². The highest BCUT2D eigenvalue weighted by molar-refractivity contribution is 5.93. The van der Waals surface area contributed by atoms with Gasteiger partial charge in [0.25, 0.3) is 0 Å². The highest BCUT2D eigenvalue weighted by Crippen LogP contribution is 1.98. The number of aliphatic carboxylic acids is 2. The number of aliphatic hydroxyl groups is 1. The Balaban J connectivity index is 4.73. The molecule has 0 aliphatic carbocycles. The van der Waals surface area contributed by atoms with E-state index >= 15 is 0 Å². The average Bonchev–Trinajstić information content (AvgIpc) is 2.48. The van der Waals surface area contributed by atoms with Gasteiger partial charge in [-0.3, -0.25) is 19.2 Å². The topological polar surface area (TPSA) is 222 Å². The summed E-state index contributed by atoms with van der Waals surface area (Å²) in [5.74, 6) is -5.68. The molecule has 3 amide bonds. The molecule has 0 saturated carbocycles. The SMILES string of the molecule is NC(=O)CC[C@H](N)C(=O)N[C@@H](CO)C(=O)N[C@@H](CC(=O)O)C(=O)O. The Hall–Kier alpha value is -2.73. The van der Waals surface area contributed by atoms with Crippen LogP contribution in [0.15, 0.2) is 0 Å². The number of nitrogens with two attached hydrogens (primary N) is 2. The van der Waals surface area contributed by atoms with Crippen molar-refractivity contribution in [1.29, 1.82) is 0 Å². The van der Waals surface area contributed by atoms with Crippen LogP contribution in [0.2, 0.25) is 0 Å². The normalized spacial score (nSPS) is 14.1. The van der Waals surface area contributed by atoms with Gasteiger partial charge in [-0.05, 0) is 6.42 Å². The zero-order valence-corrected chi connectivity index (χ0v) is 12.6. The molecule has 0 fully saturated rings. The zero-order chi connectivity index (χ0) is 18.9. The molecular formula is C12H20N4O8. The maximum Gasteiger partial charge on any atom is 0.326 e. The van der Waals surface area contributed by atoms with Crippen LogP contribution in [0.25, 0.3) is 0 Å². The fourth-order valence-corrected chi connectivity index (χ4v) is 1.55. The maximum atomic E-state index is 11.8. The first-order valence-corrected chi connectivity index (χ1v) is 6.78. The highest BCUT2D eigenvalue weighted by atomic mass is 16.4. The standard InChI is InChI=1S/C12H20N4O8/c13-5(1-2-8(14)18)10(21)16-7(4-17)11(22)15-6(12(23)24)3-9(19)20/h5-7,17H,1-4,13H2,(H2,14,18)(H,15,22)(H,16,21)(H,19,20)(H,23,24)/t5-,6-,7-/m0/s1. The molecule has 24 heavy (non-hydrogen) atoms. The van der Waals surface area contributed by atoms with Crippen molar-refractivity contribution in [2.45, 2.75) is 37.4 Å². The van der Waals surface area contributed by atoms with Gasteiger partial charge >= 0.3 is 11.9 Å². The van der Waals surface area contributed by atoms with Crippen molar-refractivity contribution in [2.24, 2.45) is 11.5 Å². The summed E-state index contributed by atoms with van der Waals surface area (Å²) in [6.45, 7) is -0.875. The number of nitrogens with one attached hydrogen (secondary N) is 2. The van der Waals surface area contributed by atoms with Gasteiger partial charge in [-0.15, -0.1) is 0 Å². The summed E-state index contributed by atoms with van der Waals surface area (Å²) in [6, 6.07) is -4.44. The van der Waals surface area contributed by atoms with Gasteiger partial charge < -0.3 is 37.4 Å². The number of carboxylic acid groups (broad SMARTS) is 2. The third-order valence-electron chi connectivity index (χ3n) is 2.85. The molecule has 12 heteroatoms. The summed E-state index contributed by atoms with van der Waals surface area (Å²) in [4.78, 5) is 55.6. The molecule has 12 nitrogen and oxygen atoms in total. The maximum absolute atomic E-state index is 11.8. The number of hydrogen-bond acceptors (Lipinski definition) is 7. The van der Waals surface area contributed by atoms with E-state index in [0.29, 0.717) is 0 Å². The second kappa shape index (κ2) is 10.1. The van der Waals surface area contributed by atoms with Gasteiger partial charge in [0.15, 0.2) is 0 Å². The summed E-state index contributed by atoms with van der Waals surface area (Å²) in [6.07, 6.45) is -1.13. The molecule has 0 spiro atoms. The second-order valence-electron chi connectivity index (χ2n) is 4.85. The lowest BCUT2D eigenvalue weighted by atomic mass is 10.1. The minimum atomic E-state index is -1.73. The second-order valence-corrected chi connectivity index (χ2v) is 4.85. The van der Waals surface area contributed by atoms with Crippen LogP contribution in [0.4, 0.5) is 0 Å². The van der Waals surface area contributed by atoms with Crippen molar-refractivity contribution in [3.8, 4) is 0 Å². The van der Waals surface area contributed by atoms with Gasteiger partial charge in [0, 0.05) is 6.42 Å². The fourth-order valence-electron chi connectivity index (χ4n) is 1.55. The molecule has 9 N–H and O–H groups in total. The molecule has 0 aromatic heterocycles. The van der Waals surface area contributed by atoms with Gasteiger partial charge in [-0.2, -0.15) is 0 Å². The van der Waals surface area contributed by atoms with Crippen molar-refractivity contribution in [3.05, 3.63) is 0 Å². The largest absolute Gasteiger partial charge is 0.481 e.